The van der Waals surface area contributed by atoms with Gasteiger partial charge in [-0.1, -0.05) is 41.6 Å². The van der Waals surface area contributed by atoms with Gasteiger partial charge in [-0.25, -0.2) is 0 Å². The van der Waals surface area contributed by atoms with E-state index in [0.717, 1.165) is 21.8 Å². The average Bonchev–Trinajstić information content (AvgIpc) is 2.98. The van der Waals surface area contributed by atoms with Crippen molar-refractivity contribution >= 4 is 17.2 Å². The fraction of sp³-hybridized carbons (Fsp3) is 0. The predicted molar refractivity (Wildman–Crippen MR) is 69.7 cm³/mol. The third kappa shape index (κ3) is 1.72. The second kappa shape index (κ2) is 4.07. The Balaban J connectivity index is 2.20. The second-order valence-electron chi connectivity index (χ2n) is 3.62. The average molecular weight is 242 g/mol. The van der Waals surface area contributed by atoms with E-state index in [2.05, 4.69) is 5.16 Å². The number of nitrogen functional groups attached to an aromatic ring is 1. The summed E-state index contributed by atoms with van der Waals surface area (Å²) in [5, 5.41) is 5.86. The third-order valence-corrected chi connectivity index (χ3v) is 3.39. The van der Waals surface area contributed by atoms with Crippen LogP contribution < -0.4 is 5.73 Å². The number of hydrogen-bond donors (Lipinski definition) is 1. The molecule has 0 saturated carbocycles. The second-order valence-corrected chi connectivity index (χ2v) is 4.56. The standard InChI is InChI=1S/C13H10N2OS/c14-13-11(9-5-2-1-3-6-9)12(16-15-13)10-7-4-8-17-10/h1-8H,(H2,14,15). The fourth-order valence-corrected chi connectivity index (χ4v) is 2.47. The molecular weight excluding hydrogens is 232 g/mol. The Labute approximate surface area is 102 Å². The quantitative estimate of drug-likeness (QED) is 0.746. The monoisotopic (exact) mass is 242 g/mol. The van der Waals surface area contributed by atoms with E-state index in [1.54, 1.807) is 11.3 Å². The predicted octanol–water partition coefficient (Wildman–Crippen LogP) is 3.65. The Hall–Kier alpha value is -2.07. The number of benzene rings is 1. The molecule has 0 aliphatic heterocycles. The van der Waals surface area contributed by atoms with Crippen molar-refractivity contribution in [3.05, 3.63) is 47.8 Å². The van der Waals surface area contributed by atoms with Crippen LogP contribution >= 0.6 is 11.3 Å². The van der Waals surface area contributed by atoms with Crippen LogP contribution in [0.2, 0.25) is 0 Å². The van der Waals surface area contributed by atoms with E-state index < -0.39 is 0 Å². The zero-order valence-corrected chi connectivity index (χ0v) is 9.78. The molecule has 0 radical (unpaired) electrons. The van der Waals surface area contributed by atoms with Crippen molar-refractivity contribution in [1.29, 1.82) is 0 Å². The van der Waals surface area contributed by atoms with Crippen LogP contribution in [-0.4, -0.2) is 5.16 Å². The number of nitrogens with zero attached hydrogens (tertiary/aromatic N) is 1. The van der Waals surface area contributed by atoms with Crippen molar-refractivity contribution in [3.8, 4) is 21.8 Å². The first-order valence-corrected chi connectivity index (χ1v) is 6.08. The summed E-state index contributed by atoms with van der Waals surface area (Å²) in [7, 11) is 0. The minimum absolute atomic E-state index is 0.430. The maximum Gasteiger partial charge on any atom is 0.186 e. The molecule has 84 valence electrons. The smallest absolute Gasteiger partial charge is 0.186 e. The van der Waals surface area contributed by atoms with Gasteiger partial charge in [0, 0.05) is 0 Å². The molecule has 0 aliphatic carbocycles. The molecule has 0 spiro atoms. The highest BCUT2D eigenvalue weighted by atomic mass is 32.1. The van der Waals surface area contributed by atoms with Crippen LogP contribution in [0.1, 0.15) is 0 Å². The number of rotatable bonds is 2. The highest BCUT2D eigenvalue weighted by Gasteiger charge is 2.17. The van der Waals surface area contributed by atoms with Crippen LogP contribution in [0.15, 0.2) is 52.4 Å². The van der Waals surface area contributed by atoms with Gasteiger partial charge in [0.05, 0.1) is 10.4 Å². The number of nitrogens with two attached hydrogens (primary N) is 1. The van der Waals surface area contributed by atoms with Crippen LogP contribution in [0.4, 0.5) is 5.82 Å². The summed E-state index contributed by atoms with van der Waals surface area (Å²) in [6, 6.07) is 13.9. The van der Waals surface area contributed by atoms with Crippen molar-refractivity contribution in [2.24, 2.45) is 0 Å². The minimum atomic E-state index is 0.430. The summed E-state index contributed by atoms with van der Waals surface area (Å²) in [5.74, 6) is 1.17. The van der Waals surface area contributed by atoms with E-state index in [0.29, 0.717) is 5.82 Å². The highest BCUT2D eigenvalue weighted by molar-refractivity contribution is 7.13. The molecule has 0 unspecified atom stereocenters. The Morgan fingerprint density at radius 2 is 1.88 bits per heavy atom. The number of anilines is 1. The molecule has 3 aromatic rings. The summed E-state index contributed by atoms with van der Waals surface area (Å²) < 4.78 is 5.33. The summed E-state index contributed by atoms with van der Waals surface area (Å²) in [6.07, 6.45) is 0. The van der Waals surface area contributed by atoms with Crippen molar-refractivity contribution in [2.75, 3.05) is 5.73 Å². The number of hydrogen-bond acceptors (Lipinski definition) is 4. The molecule has 1 aromatic carbocycles. The fourth-order valence-electron chi connectivity index (χ4n) is 1.76. The normalized spacial score (nSPS) is 10.6. The molecule has 0 fully saturated rings. The topological polar surface area (TPSA) is 52.0 Å². The molecule has 3 nitrogen and oxygen atoms in total. The first-order chi connectivity index (χ1) is 8.36. The lowest BCUT2D eigenvalue weighted by Gasteiger charge is -2.00. The van der Waals surface area contributed by atoms with Crippen LogP contribution in [0.25, 0.3) is 21.8 Å². The van der Waals surface area contributed by atoms with Gasteiger partial charge in [-0.2, -0.15) is 0 Å². The van der Waals surface area contributed by atoms with Gasteiger partial charge in [0.1, 0.15) is 0 Å². The molecule has 2 N–H and O–H groups in total. The Morgan fingerprint density at radius 3 is 2.59 bits per heavy atom. The maximum atomic E-state index is 5.88. The van der Waals surface area contributed by atoms with Gasteiger partial charge in [0.15, 0.2) is 11.6 Å². The van der Waals surface area contributed by atoms with Crippen LogP contribution in [0.3, 0.4) is 0 Å². The van der Waals surface area contributed by atoms with Crippen molar-refractivity contribution in [1.82, 2.24) is 5.16 Å². The summed E-state index contributed by atoms with van der Waals surface area (Å²) in [5.41, 5.74) is 7.77. The van der Waals surface area contributed by atoms with Gasteiger partial charge in [0.25, 0.3) is 0 Å². The zero-order valence-electron chi connectivity index (χ0n) is 8.96. The van der Waals surface area contributed by atoms with E-state index in [-0.39, 0.29) is 0 Å². The molecule has 0 amide bonds. The molecule has 0 saturated heterocycles. The third-order valence-electron chi connectivity index (χ3n) is 2.53. The van der Waals surface area contributed by atoms with Crippen molar-refractivity contribution in [2.45, 2.75) is 0 Å². The van der Waals surface area contributed by atoms with E-state index >= 15 is 0 Å². The first-order valence-electron chi connectivity index (χ1n) is 5.20. The lowest BCUT2D eigenvalue weighted by atomic mass is 10.1. The Morgan fingerprint density at radius 1 is 1.06 bits per heavy atom. The molecule has 17 heavy (non-hydrogen) atoms. The molecule has 2 aromatic heterocycles. The van der Waals surface area contributed by atoms with Crippen LogP contribution in [0, 0.1) is 0 Å². The number of thiophene rings is 1. The highest BCUT2D eigenvalue weighted by Crippen LogP contribution is 2.38. The van der Waals surface area contributed by atoms with E-state index in [9.17, 15) is 0 Å². The number of aromatic nitrogens is 1. The zero-order chi connectivity index (χ0) is 11.7. The SMILES string of the molecule is Nc1noc(-c2cccs2)c1-c1ccccc1. The molecule has 2 heterocycles. The van der Waals surface area contributed by atoms with Crippen LogP contribution in [0.5, 0.6) is 0 Å². The van der Waals surface area contributed by atoms with Gasteiger partial charge in [-0.3, -0.25) is 0 Å². The molecule has 0 aliphatic rings. The molecule has 0 bridgehead atoms. The van der Waals surface area contributed by atoms with Gasteiger partial charge in [-0.15, -0.1) is 11.3 Å². The molecular formula is C13H10N2OS. The summed E-state index contributed by atoms with van der Waals surface area (Å²) in [6.45, 7) is 0. The maximum absolute atomic E-state index is 5.88. The van der Waals surface area contributed by atoms with E-state index in [4.69, 9.17) is 10.3 Å². The molecule has 3 rings (SSSR count). The largest absolute Gasteiger partial charge is 0.380 e. The van der Waals surface area contributed by atoms with Gasteiger partial charge in [-0.05, 0) is 17.0 Å². The van der Waals surface area contributed by atoms with Crippen molar-refractivity contribution < 1.29 is 4.52 Å². The van der Waals surface area contributed by atoms with Gasteiger partial charge < -0.3 is 10.3 Å². The summed E-state index contributed by atoms with van der Waals surface area (Å²) in [4.78, 5) is 1.04. The lowest BCUT2D eigenvalue weighted by Crippen LogP contribution is -1.87. The van der Waals surface area contributed by atoms with Crippen molar-refractivity contribution in [3.63, 3.8) is 0 Å². The Kier molecular flexibility index (Phi) is 2.42. The lowest BCUT2D eigenvalue weighted by molar-refractivity contribution is 0.437. The Bertz CT molecular complexity index is 614. The minimum Gasteiger partial charge on any atom is -0.380 e. The van der Waals surface area contributed by atoms with Gasteiger partial charge in [0.2, 0.25) is 0 Å². The molecule has 0 atom stereocenters. The first kappa shape index (κ1) is 10.1. The molecule has 4 heteroatoms. The van der Waals surface area contributed by atoms with E-state index in [1.807, 2.05) is 47.8 Å². The van der Waals surface area contributed by atoms with Crippen LogP contribution in [-0.2, 0) is 0 Å². The summed E-state index contributed by atoms with van der Waals surface area (Å²) >= 11 is 1.61. The van der Waals surface area contributed by atoms with Gasteiger partial charge >= 0.3 is 0 Å². The van der Waals surface area contributed by atoms with E-state index in [1.165, 1.54) is 0 Å².